The summed E-state index contributed by atoms with van der Waals surface area (Å²) in [5.74, 6) is 0. The lowest BCUT2D eigenvalue weighted by Gasteiger charge is -1.96. The van der Waals surface area contributed by atoms with Gasteiger partial charge in [-0.25, -0.2) is 0 Å². The Kier molecular flexibility index (Phi) is 3.41. The van der Waals surface area contributed by atoms with E-state index in [0.29, 0.717) is 3.58 Å². The number of benzene rings is 1. The predicted octanol–water partition coefficient (Wildman–Crippen LogP) is 3.01. The molecule has 0 aliphatic heterocycles. The molecule has 3 nitrogen and oxygen atoms in total. The Morgan fingerprint density at radius 1 is 1.46 bits per heavy atom. The maximum atomic E-state index is 10.2. The summed E-state index contributed by atoms with van der Waals surface area (Å²) < 4.78 is 0.641. The minimum absolute atomic E-state index is 0.443. The number of nitrogens with zero attached hydrogens (tertiary/aromatic N) is 1. The third-order valence-electron chi connectivity index (χ3n) is 1.55. The van der Waals surface area contributed by atoms with Gasteiger partial charge in [0.2, 0.25) is 6.20 Å². The molecule has 0 spiro atoms. The monoisotopic (exact) mass is 289 g/mol. The van der Waals surface area contributed by atoms with E-state index in [0.717, 1.165) is 17.3 Å². The van der Waals surface area contributed by atoms with Gasteiger partial charge in [-0.1, -0.05) is 29.8 Å². The van der Waals surface area contributed by atoms with Crippen LogP contribution in [0.25, 0.3) is 3.58 Å². The minimum atomic E-state index is -0.443. The Hall–Kier alpha value is -0.910. The first-order chi connectivity index (χ1) is 6.09. The predicted molar refractivity (Wildman–Crippen MR) is 60.2 cm³/mol. The second-order valence-corrected chi connectivity index (χ2v) is 3.79. The molecule has 1 rings (SSSR count). The maximum absolute atomic E-state index is 10.2. The first-order valence-electron chi connectivity index (χ1n) is 3.67. The van der Waals surface area contributed by atoms with Gasteiger partial charge in [-0.05, 0) is 35.1 Å². The molecule has 0 fully saturated rings. The number of halogens is 1. The Bertz CT molecular complexity index is 343. The van der Waals surface area contributed by atoms with Crippen LogP contribution < -0.4 is 0 Å². The van der Waals surface area contributed by atoms with Crippen molar-refractivity contribution < 1.29 is 4.92 Å². The van der Waals surface area contributed by atoms with Gasteiger partial charge in [0.15, 0.2) is 0 Å². The zero-order valence-corrected chi connectivity index (χ0v) is 9.19. The smallest absolute Gasteiger partial charge is 0.248 e. The molecule has 0 unspecified atom stereocenters. The highest BCUT2D eigenvalue weighted by molar-refractivity contribution is 14.1. The Morgan fingerprint density at radius 2 is 2.00 bits per heavy atom. The van der Waals surface area contributed by atoms with Gasteiger partial charge in [-0.15, -0.1) is 0 Å². The van der Waals surface area contributed by atoms with Crippen LogP contribution in [0.2, 0.25) is 0 Å². The quantitative estimate of drug-likeness (QED) is 0.477. The summed E-state index contributed by atoms with van der Waals surface area (Å²) in [4.78, 5) is 9.73. The fourth-order valence-corrected chi connectivity index (χ4v) is 1.47. The van der Waals surface area contributed by atoms with Crippen LogP contribution >= 0.6 is 22.6 Å². The van der Waals surface area contributed by atoms with E-state index in [1.807, 2.05) is 53.8 Å². The van der Waals surface area contributed by atoms with Crippen molar-refractivity contribution in [3.05, 3.63) is 51.7 Å². The molecule has 0 bridgehead atoms. The van der Waals surface area contributed by atoms with Crippen molar-refractivity contribution in [3.8, 4) is 0 Å². The highest BCUT2D eigenvalue weighted by Crippen LogP contribution is 2.21. The van der Waals surface area contributed by atoms with Gasteiger partial charge in [0.05, 0.1) is 8.50 Å². The lowest BCUT2D eigenvalue weighted by atomic mass is 10.1. The van der Waals surface area contributed by atoms with E-state index < -0.39 is 4.92 Å². The molecular weight excluding hydrogens is 281 g/mol. The van der Waals surface area contributed by atoms with Crippen molar-refractivity contribution in [2.45, 2.75) is 6.92 Å². The molecule has 0 aliphatic carbocycles. The van der Waals surface area contributed by atoms with Crippen LogP contribution in [0, 0.1) is 17.0 Å². The van der Waals surface area contributed by atoms with Gasteiger partial charge in [-0.2, -0.15) is 0 Å². The molecule has 1 aromatic rings. The van der Waals surface area contributed by atoms with Crippen molar-refractivity contribution in [2.75, 3.05) is 0 Å². The average Bonchev–Trinajstić information content (AvgIpc) is 2.04. The fraction of sp³-hybridized carbons (Fsp3) is 0.111. The summed E-state index contributed by atoms with van der Waals surface area (Å²) in [6, 6.07) is 7.61. The minimum Gasteiger partial charge on any atom is -0.259 e. The van der Waals surface area contributed by atoms with Crippen LogP contribution in [0.3, 0.4) is 0 Å². The highest BCUT2D eigenvalue weighted by atomic mass is 127. The summed E-state index contributed by atoms with van der Waals surface area (Å²) in [7, 11) is 0. The van der Waals surface area contributed by atoms with Crippen molar-refractivity contribution in [1.82, 2.24) is 0 Å². The van der Waals surface area contributed by atoms with Gasteiger partial charge in [0.25, 0.3) is 0 Å². The molecule has 68 valence electrons. The molecule has 0 aromatic heterocycles. The number of hydrogen-bond acceptors (Lipinski definition) is 2. The van der Waals surface area contributed by atoms with Crippen LogP contribution in [0.4, 0.5) is 0 Å². The summed E-state index contributed by atoms with van der Waals surface area (Å²) >= 11 is 1.95. The van der Waals surface area contributed by atoms with E-state index in [1.54, 1.807) is 0 Å². The molecule has 0 atom stereocenters. The Labute approximate surface area is 89.8 Å². The first kappa shape index (κ1) is 10.2. The average molecular weight is 289 g/mol. The number of nitro groups is 1. The van der Waals surface area contributed by atoms with E-state index in [1.165, 1.54) is 0 Å². The molecule has 1 aromatic carbocycles. The fourth-order valence-electron chi connectivity index (χ4n) is 0.880. The SMILES string of the molecule is Cc1ccc(/C(I)=C\[N+](=O)[O-])cc1. The summed E-state index contributed by atoms with van der Waals surface area (Å²) in [5, 5.41) is 10.2. The zero-order valence-electron chi connectivity index (χ0n) is 7.03. The van der Waals surface area contributed by atoms with Crippen LogP contribution in [0.1, 0.15) is 11.1 Å². The van der Waals surface area contributed by atoms with E-state index in [-0.39, 0.29) is 0 Å². The molecular formula is C9H8INO2. The highest BCUT2D eigenvalue weighted by Gasteiger charge is 2.00. The maximum Gasteiger partial charge on any atom is 0.248 e. The Morgan fingerprint density at radius 3 is 2.46 bits per heavy atom. The van der Waals surface area contributed by atoms with Gasteiger partial charge in [0, 0.05) is 0 Å². The van der Waals surface area contributed by atoms with Crippen molar-refractivity contribution in [2.24, 2.45) is 0 Å². The second kappa shape index (κ2) is 4.36. The molecule has 0 N–H and O–H groups in total. The lowest BCUT2D eigenvalue weighted by Crippen LogP contribution is -1.85. The van der Waals surface area contributed by atoms with Crippen LogP contribution in [-0.4, -0.2) is 4.92 Å². The van der Waals surface area contributed by atoms with E-state index in [9.17, 15) is 10.1 Å². The second-order valence-electron chi connectivity index (χ2n) is 2.63. The van der Waals surface area contributed by atoms with Crippen molar-refractivity contribution >= 4 is 26.2 Å². The van der Waals surface area contributed by atoms with Gasteiger partial charge in [0.1, 0.15) is 0 Å². The lowest BCUT2D eigenvalue weighted by molar-refractivity contribution is -0.401. The summed E-state index contributed by atoms with van der Waals surface area (Å²) in [5.41, 5.74) is 2.02. The van der Waals surface area contributed by atoms with E-state index in [2.05, 4.69) is 0 Å². The molecule has 0 amide bonds. The third kappa shape index (κ3) is 3.14. The van der Waals surface area contributed by atoms with Crippen LogP contribution in [-0.2, 0) is 0 Å². The molecule has 0 aliphatic rings. The standard InChI is InChI=1S/C9H8INO2/c1-7-2-4-8(5-3-7)9(10)6-11(12)13/h2-6H,1H3/b9-6+. The number of hydrogen-bond donors (Lipinski definition) is 0. The van der Waals surface area contributed by atoms with Gasteiger partial charge < -0.3 is 0 Å². The van der Waals surface area contributed by atoms with Crippen LogP contribution in [0.15, 0.2) is 30.5 Å². The van der Waals surface area contributed by atoms with Crippen molar-refractivity contribution in [1.29, 1.82) is 0 Å². The topological polar surface area (TPSA) is 43.1 Å². The zero-order chi connectivity index (χ0) is 9.84. The van der Waals surface area contributed by atoms with Gasteiger partial charge in [-0.3, -0.25) is 10.1 Å². The Balaban J connectivity index is 2.96. The molecule has 0 saturated heterocycles. The van der Waals surface area contributed by atoms with Gasteiger partial charge >= 0.3 is 0 Å². The van der Waals surface area contributed by atoms with E-state index >= 15 is 0 Å². The number of rotatable bonds is 2. The number of aryl methyl sites for hydroxylation is 1. The van der Waals surface area contributed by atoms with Crippen molar-refractivity contribution in [3.63, 3.8) is 0 Å². The molecule has 4 heteroatoms. The molecule has 0 heterocycles. The summed E-state index contributed by atoms with van der Waals surface area (Å²) in [6.45, 7) is 1.98. The third-order valence-corrected chi connectivity index (χ3v) is 2.45. The largest absolute Gasteiger partial charge is 0.259 e. The van der Waals surface area contributed by atoms with E-state index in [4.69, 9.17) is 0 Å². The molecule has 0 radical (unpaired) electrons. The normalized spacial score (nSPS) is 11.4. The summed E-state index contributed by atoms with van der Waals surface area (Å²) in [6.07, 6.45) is 1.01. The molecule has 0 saturated carbocycles. The first-order valence-corrected chi connectivity index (χ1v) is 4.75. The molecule has 13 heavy (non-hydrogen) atoms. The van der Waals surface area contributed by atoms with Crippen LogP contribution in [0.5, 0.6) is 0 Å².